The molecule has 3 aliphatic rings. The lowest BCUT2D eigenvalue weighted by Gasteiger charge is -2.46. The van der Waals surface area contributed by atoms with Crippen molar-refractivity contribution in [1.82, 2.24) is 19.4 Å². The fourth-order valence-electron chi connectivity index (χ4n) is 5.20. The van der Waals surface area contributed by atoms with Crippen LogP contribution in [0.15, 0.2) is 70.6 Å². The Balaban J connectivity index is 1.32. The number of aliphatic hydroxyl groups is 1. The molecule has 1 aliphatic carbocycles. The molecule has 4 aromatic rings. The number of aromatic nitrogens is 3. The molecule has 9 nitrogen and oxygen atoms in total. The van der Waals surface area contributed by atoms with Crippen molar-refractivity contribution < 1.29 is 23.5 Å². The molecular weight excluding hydrogens is 477 g/mol. The Morgan fingerprint density at radius 2 is 2.00 bits per heavy atom. The standard InChI is InChI=1S/C27H24FN5O4/c1-16-11-32(14-29-16)20-7-4-18(25-23(20)30-15-35-25)10-21-26-31-37-22(12-34)24(17-2-5-19(28)6-3-17)33(26)13-27(36-21)8-9-27/h2-7,10-11,14-15,22,24,34H,8-9,12-13H2,1H3. The SMILES string of the molecule is Cc1cn(-c2ccc(C=C3OC4(CC4)CN4C3=NOC(CO)C4c3ccc(F)cc3)c3ocnc23)cn1. The Bertz CT molecular complexity index is 1550. The van der Waals surface area contributed by atoms with E-state index in [2.05, 4.69) is 20.0 Å². The van der Waals surface area contributed by atoms with Crippen LogP contribution in [0.1, 0.15) is 35.7 Å². The van der Waals surface area contributed by atoms with Gasteiger partial charge in [-0.2, -0.15) is 0 Å². The summed E-state index contributed by atoms with van der Waals surface area (Å²) in [7, 11) is 0. The number of aryl methyl sites for hydroxylation is 1. The Labute approximate surface area is 211 Å². The predicted octanol–water partition coefficient (Wildman–Crippen LogP) is 4.11. The van der Waals surface area contributed by atoms with Crippen LogP contribution in [0.4, 0.5) is 4.39 Å². The van der Waals surface area contributed by atoms with E-state index in [4.69, 9.17) is 14.0 Å². The predicted molar refractivity (Wildman–Crippen MR) is 132 cm³/mol. The third-order valence-electron chi connectivity index (χ3n) is 7.21. The van der Waals surface area contributed by atoms with E-state index in [-0.39, 0.29) is 24.1 Å². The summed E-state index contributed by atoms with van der Waals surface area (Å²) in [5, 5.41) is 14.4. The normalized spacial score (nSPS) is 23.1. The van der Waals surface area contributed by atoms with Gasteiger partial charge in [-0.05, 0) is 55.7 Å². The van der Waals surface area contributed by atoms with Crippen molar-refractivity contribution in [2.75, 3.05) is 13.2 Å². The summed E-state index contributed by atoms with van der Waals surface area (Å²) in [6.07, 6.45) is 8.22. The minimum atomic E-state index is -0.594. The number of fused-ring (bicyclic) bond motifs is 2. The summed E-state index contributed by atoms with van der Waals surface area (Å²) in [5.74, 6) is 0.760. The zero-order valence-corrected chi connectivity index (χ0v) is 20.0. The quantitative estimate of drug-likeness (QED) is 0.449. The van der Waals surface area contributed by atoms with Crippen LogP contribution >= 0.6 is 0 Å². The van der Waals surface area contributed by atoms with Crippen molar-refractivity contribution in [3.05, 3.63) is 83.7 Å². The summed E-state index contributed by atoms with van der Waals surface area (Å²) in [5.41, 5.74) is 4.36. The lowest BCUT2D eigenvalue weighted by molar-refractivity contribution is -0.0711. The molecule has 2 unspecified atom stereocenters. The Morgan fingerprint density at radius 3 is 2.73 bits per heavy atom. The van der Waals surface area contributed by atoms with Crippen LogP contribution in [0.3, 0.4) is 0 Å². The van der Waals surface area contributed by atoms with Gasteiger partial charge < -0.3 is 28.6 Å². The summed E-state index contributed by atoms with van der Waals surface area (Å²) < 4.78 is 27.9. The minimum absolute atomic E-state index is 0.226. The molecule has 1 N–H and O–H groups in total. The van der Waals surface area contributed by atoms with Crippen LogP contribution in [0.2, 0.25) is 0 Å². The first-order valence-corrected chi connectivity index (χ1v) is 12.2. The lowest BCUT2D eigenvalue weighted by Crippen LogP contribution is -2.54. The molecule has 4 heterocycles. The number of nitrogens with zero attached hydrogens (tertiary/aromatic N) is 5. The fraction of sp³-hybridized carbons (Fsp3) is 0.296. The Kier molecular flexibility index (Phi) is 4.87. The number of hydrogen-bond acceptors (Lipinski definition) is 8. The Hall–Kier alpha value is -4.18. The molecule has 2 aromatic carbocycles. The molecule has 2 fully saturated rings. The van der Waals surface area contributed by atoms with Crippen LogP contribution in [-0.2, 0) is 9.57 Å². The number of rotatable bonds is 4. The average Bonchev–Trinajstić information content (AvgIpc) is 3.27. The van der Waals surface area contributed by atoms with E-state index in [1.165, 1.54) is 18.5 Å². The van der Waals surface area contributed by atoms with Gasteiger partial charge in [-0.1, -0.05) is 17.3 Å². The van der Waals surface area contributed by atoms with Gasteiger partial charge in [0.05, 0.1) is 36.9 Å². The molecule has 2 aromatic heterocycles. The smallest absolute Gasteiger partial charge is 0.211 e. The number of morpholine rings is 1. The highest BCUT2D eigenvalue weighted by Crippen LogP contribution is 2.49. The van der Waals surface area contributed by atoms with Crippen molar-refractivity contribution in [2.45, 2.75) is 37.5 Å². The largest absolute Gasteiger partial charge is 0.481 e. The van der Waals surface area contributed by atoms with Gasteiger partial charge in [0.2, 0.25) is 5.84 Å². The molecule has 1 saturated heterocycles. The van der Waals surface area contributed by atoms with Gasteiger partial charge in [-0.15, -0.1) is 0 Å². The van der Waals surface area contributed by atoms with Crippen LogP contribution in [0, 0.1) is 12.7 Å². The Morgan fingerprint density at radius 1 is 1.16 bits per heavy atom. The molecule has 1 saturated carbocycles. The maximum atomic E-state index is 13.7. The van der Waals surface area contributed by atoms with Crippen molar-refractivity contribution in [2.24, 2.45) is 5.16 Å². The number of oxazole rings is 1. The maximum Gasteiger partial charge on any atom is 0.211 e. The molecule has 7 rings (SSSR count). The van der Waals surface area contributed by atoms with Crippen LogP contribution in [0.5, 0.6) is 0 Å². The first-order valence-electron chi connectivity index (χ1n) is 12.2. The number of oxime groups is 1. The number of amidine groups is 1. The minimum Gasteiger partial charge on any atom is -0.481 e. The van der Waals surface area contributed by atoms with E-state index < -0.39 is 6.10 Å². The molecule has 0 bridgehead atoms. The number of aliphatic hydroxyl groups excluding tert-OH is 1. The third kappa shape index (κ3) is 3.67. The van der Waals surface area contributed by atoms with Gasteiger partial charge in [0.15, 0.2) is 23.8 Å². The van der Waals surface area contributed by atoms with Gasteiger partial charge >= 0.3 is 0 Å². The zero-order valence-electron chi connectivity index (χ0n) is 20.0. The highest BCUT2D eigenvalue weighted by molar-refractivity contribution is 6.03. The first-order chi connectivity index (χ1) is 18.0. The van der Waals surface area contributed by atoms with Crippen molar-refractivity contribution >= 4 is 23.0 Å². The van der Waals surface area contributed by atoms with Crippen LogP contribution < -0.4 is 0 Å². The number of halogens is 1. The summed E-state index contributed by atoms with van der Waals surface area (Å²) in [6.45, 7) is 2.31. The van der Waals surface area contributed by atoms with Crippen molar-refractivity contribution in [3.8, 4) is 5.69 Å². The van der Waals surface area contributed by atoms with Crippen molar-refractivity contribution in [1.29, 1.82) is 0 Å². The number of benzene rings is 2. The van der Waals surface area contributed by atoms with E-state index >= 15 is 0 Å². The fourth-order valence-corrected chi connectivity index (χ4v) is 5.20. The van der Waals surface area contributed by atoms with Gasteiger partial charge in [-0.25, -0.2) is 14.4 Å². The molecule has 10 heteroatoms. The van der Waals surface area contributed by atoms with E-state index in [0.717, 1.165) is 35.3 Å². The topological polar surface area (TPSA) is 98.1 Å². The number of imidazole rings is 1. The molecule has 0 radical (unpaired) electrons. The molecule has 1 spiro atoms. The lowest BCUT2D eigenvalue weighted by atomic mass is 9.97. The van der Waals surface area contributed by atoms with Crippen LogP contribution in [-0.4, -0.2) is 55.2 Å². The van der Waals surface area contributed by atoms with Gasteiger partial charge in [-0.3, -0.25) is 0 Å². The van der Waals surface area contributed by atoms with E-state index in [0.29, 0.717) is 29.2 Å². The van der Waals surface area contributed by atoms with Gasteiger partial charge in [0, 0.05) is 11.8 Å². The summed E-state index contributed by atoms with van der Waals surface area (Å²) in [4.78, 5) is 16.6. The maximum absolute atomic E-state index is 13.7. The average molecular weight is 502 g/mol. The second kappa shape index (κ2) is 8.17. The second-order valence-corrected chi connectivity index (χ2v) is 9.79. The molecular formula is C27H24FN5O4. The monoisotopic (exact) mass is 501 g/mol. The zero-order chi connectivity index (χ0) is 25.1. The number of hydrogen-bond donors (Lipinski definition) is 1. The van der Waals surface area contributed by atoms with E-state index in [1.807, 2.05) is 35.9 Å². The second-order valence-electron chi connectivity index (χ2n) is 9.79. The van der Waals surface area contributed by atoms with E-state index in [9.17, 15) is 9.50 Å². The summed E-state index contributed by atoms with van der Waals surface area (Å²) >= 11 is 0. The van der Waals surface area contributed by atoms with Crippen LogP contribution in [0.25, 0.3) is 22.9 Å². The van der Waals surface area contributed by atoms with Crippen molar-refractivity contribution in [3.63, 3.8) is 0 Å². The first kappa shape index (κ1) is 22.1. The highest BCUT2D eigenvalue weighted by Gasteiger charge is 2.55. The molecule has 188 valence electrons. The highest BCUT2D eigenvalue weighted by atomic mass is 19.1. The van der Waals surface area contributed by atoms with E-state index in [1.54, 1.807) is 18.5 Å². The molecule has 2 aliphatic heterocycles. The third-order valence-corrected chi connectivity index (χ3v) is 7.21. The molecule has 37 heavy (non-hydrogen) atoms. The van der Waals surface area contributed by atoms with Gasteiger partial charge in [0.25, 0.3) is 0 Å². The molecule has 2 atom stereocenters. The summed E-state index contributed by atoms with van der Waals surface area (Å²) in [6, 6.07) is 9.86. The molecule has 0 amide bonds. The number of ether oxygens (including phenoxy) is 1. The van der Waals surface area contributed by atoms with Gasteiger partial charge in [0.1, 0.15) is 16.9 Å².